The van der Waals surface area contributed by atoms with Crippen molar-refractivity contribution in [2.45, 2.75) is 31.0 Å². The number of hydrogen-bond donors (Lipinski definition) is 1. The lowest BCUT2D eigenvalue weighted by Crippen LogP contribution is -2.35. The summed E-state index contributed by atoms with van der Waals surface area (Å²) in [6, 6.07) is 11.3. The average molecular weight is 444 g/mol. The normalized spacial score (nSPS) is 14.7. The number of amides is 1. The standard InChI is InChI=1S/C21H21N3O4S2/c1-14-21(22-15(2)25)19(28-23-14)9-7-18-8-10-20(29-18)30(26,27)24-12-11-16-5-3-4-6-17(16)13-24/h3-10H,11-13H2,1-2H3,(H,22,25)/b9-7+. The molecule has 3 heterocycles. The van der Waals surface area contributed by atoms with Gasteiger partial charge in [-0.25, -0.2) is 8.42 Å². The predicted octanol–water partition coefficient (Wildman–Crippen LogP) is 3.92. The first-order valence-electron chi connectivity index (χ1n) is 9.43. The maximum Gasteiger partial charge on any atom is 0.252 e. The zero-order valence-electron chi connectivity index (χ0n) is 16.6. The summed E-state index contributed by atoms with van der Waals surface area (Å²) in [6.07, 6.45) is 4.13. The van der Waals surface area contributed by atoms with E-state index >= 15 is 0 Å². The number of nitrogens with one attached hydrogen (secondary N) is 1. The fraction of sp³-hybridized carbons (Fsp3) is 0.238. The highest BCUT2D eigenvalue weighted by atomic mass is 32.2. The van der Waals surface area contributed by atoms with Gasteiger partial charge in [-0.2, -0.15) is 4.31 Å². The Morgan fingerprint density at radius 3 is 2.73 bits per heavy atom. The van der Waals surface area contributed by atoms with E-state index in [0.717, 1.165) is 10.4 Å². The van der Waals surface area contributed by atoms with E-state index < -0.39 is 10.0 Å². The van der Waals surface area contributed by atoms with Crippen molar-refractivity contribution >= 4 is 45.1 Å². The number of thiophene rings is 1. The number of aryl methyl sites for hydroxylation is 1. The molecule has 1 aromatic carbocycles. The molecule has 0 bridgehead atoms. The van der Waals surface area contributed by atoms with Gasteiger partial charge in [-0.05, 0) is 48.8 Å². The zero-order valence-corrected chi connectivity index (χ0v) is 18.2. The summed E-state index contributed by atoms with van der Waals surface area (Å²) < 4.78 is 33.3. The molecule has 0 unspecified atom stereocenters. The molecule has 0 saturated heterocycles. The number of anilines is 1. The molecule has 4 rings (SSSR count). The minimum absolute atomic E-state index is 0.219. The van der Waals surface area contributed by atoms with Crippen LogP contribution >= 0.6 is 11.3 Å². The van der Waals surface area contributed by atoms with Crippen LogP contribution in [0.5, 0.6) is 0 Å². The summed E-state index contributed by atoms with van der Waals surface area (Å²) in [7, 11) is -3.56. The lowest BCUT2D eigenvalue weighted by Gasteiger charge is -2.27. The van der Waals surface area contributed by atoms with Crippen LogP contribution in [0, 0.1) is 6.92 Å². The fourth-order valence-electron chi connectivity index (χ4n) is 3.35. The maximum atomic E-state index is 13.1. The Morgan fingerprint density at radius 2 is 1.97 bits per heavy atom. The van der Waals surface area contributed by atoms with Gasteiger partial charge in [0.05, 0.1) is 0 Å². The molecule has 0 radical (unpaired) electrons. The summed E-state index contributed by atoms with van der Waals surface area (Å²) in [5, 5.41) is 6.56. The summed E-state index contributed by atoms with van der Waals surface area (Å²) in [4.78, 5) is 12.1. The van der Waals surface area contributed by atoms with Crippen LogP contribution < -0.4 is 5.32 Å². The van der Waals surface area contributed by atoms with E-state index in [1.54, 1.807) is 31.2 Å². The molecule has 1 N–H and O–H groups in total. The van der Waals surface area contributed by atoms with Gasteiger partial charge in [0.2, 0.25) is 5.91 Å². The van der Waals surface area contributed by atoms with Crippen LogP contribution in [0.25, 0.3) is 12.2 Å². The number of nitrogens with zero attached hydrogens (tertiary/aromatic N) is 2. The number of aromatic nitrogens is 1. The molecule has 0 saturated carbocycles. The smallest absolute Gasteiger partial charge is 0.252 e. The van der Waals surface area contributed by atoms with Crippen LogP contribution in [-0.2, 0) is 27.8 Å². The van der Waals surface area contributed by atoms with E-state index in [0.29, 0.717) is 40.9 Å². The Kier molecular flexibility index (Phi) is 5.59. The molecule has 0 spiro atoms. The SMILES string of the molecule is CC(=O)Nc1c(C)noc1/C=C/c1ccc(S(=O)(=O)N2CCc3ccccc3C2)s1. The molecule has 0 atom stereocenters. The summed E-state index contributed by atoms with van der Waals surface area (Å²) in [6.45, 7) is 4.01. The number of rotatable bonds is 5. The highest BCUT2D eigenvalue weighted by molar-refractivity contribution is 7.91. The number of benzene rings is 1. The quantitative estimate of drug-likeness (QED) is 0.645. The first-order chi connectivity index (χ1) is 14.3. The van der Waals surface area contributed by atoms with E-state index in [4.69, 9.17) is 4.52 Å². The monoisotopic (exact) mass is 443 g/mol. The van der Waals surface area contributed by atoms with Crippen molar-refractivity contribution in [2.24, 2.45) is 0 Å². The third-order valence-corrected chi connectivity index (χ3v) is 8.24. The third kappa shape index (κ3) is 4.09. The second kappa shape index (κ2) is 8.17. The first-order valence-corrected chi connectivity index (χ1v) is 11.7. The van der Waals surface area contributed by atoms with Crippen molar-refractivity contribution in [3.63, 3.8) is 0 Å². The van der Waals surface area contributed by atoms with E-state index in [-0.39, 0.29) is 5.91 Å². The van der Waals surface area contributed by atoms with E-state index in [1.807, 2.05) is 24.3 Å². The topological polar surface area (TPSA) is 92.5 Å². The Bertz CT molecular complexity index is 1220. The van der Waals surface area contributed by atoms with Crippen LogP contribution in [0.1, 0.15) is 34.4 Å². The minimum Gasteiger partial charge on any atom is -0.354 e. The first kappa shape index (κ1) is 20.5. The molecule has 0 aliphatic carbocycles. The molecular weight excluding hydrogens is 422 g/mol. The lowest BCUT2D eigenvalue weighted by atomic mass is 10.0. The molecule has 9 heteroatoms. The van der Waals surface area contributed by atoms with E-state index in [2.05, 4.69) is 10.5 Å². The molecule has 1 amide bonds. The summed E-state index contributed by atoms with van der Waals surface area (Å²) >= 11 is 1.19. The zero-order chi connectivity index (χ0) is 21.3. The molecule has 3 aromatic rings. The van der Waals surface area contributed by atoms with Crippen molar-refractivity contribution in [2.75, 3.05) is 11.9 Å². The number of carbonyl (C=O) groups excluding carboxylic acids is 1. The van der Waals surface area contributed by atoms with Crippen molar-refractivity contribution < 1.29 is 17.7 Å². The Hall–Kier alpha value is -2.75. The largest absolute Gasteiger partial charge is 0.354 e. The van der Waals surface area contributed by atoms with E-state index in [9.17, 15) is 13.2 Å². The molecule has 7 nitrogen and oxygen atoms in total. The van der Waals surface area contributed by atoms with Gasteiger partial charge in [0.1, 0.15) is 15.6 Å². The summed E-state index contributed by atoms with van der Waals surface area (Å²) in [5.41, 5.74) is 3.34. The fourth-order valence-corrected chi connectivity index (χ4v) is 6.15. The van der Waals surface area contributed by atoms with Gasteiger partial charge in [-0.1, -0.05) is 29.4 Å². The van der Waals surface area contributed by atoms with Crippen LogP contribution in [0.15, 0.2) is 45.1 Å². The third-order valence-electron chi connectivity index (χ3n) is 4.88. The second-order valence-corrected chi connectivity index (χ2v) is 10.3. The van der Waals surface area contributed by atoms with Gasteiger partial charge < -0.3 is 9.84 Å². The van der Waals surface area contributed by atoms with E-state index in [1.165, 1.54) is 28.1 Å². The highest BCUT2D eigenvalue weighted by Gasteiger charge is 2.29. The molecule has 1 aliphatic heterocycles. The van der Waals surface area contributed by atoms with Crippen molar-refractivity contribution in [3.8, 4) is 0 Å². The van der Waals surface area contributed by atoms with Crippen molar-refractivity contribution in [1.82, 2.24) is 9.46 Å². The summed E-state index contributed by atoms with van der Waals surface area (Å²) in [5.74, 6) is 0.191. The molecule has 156 valence electrons. The van der Waals surface area contributed by atoms with Crippen molar-refractivity contribution in [1.29, 1.82) is 0 Å². The van der Waals surface area contributed by atoms with Crippen LogP contribution in [0.2, 0.25) is 0 Å². The highest BCUT2D eigenvalue weighted by Crippen LogP contribution is 2.30. The molecule has 1 aliphatic rings. The molecule has 0 fully saturated rings. The maximum absolute atomic E-state index is 13.1. The Morgan fingerprint density at radius 1 is 1.20 bits per heavy atom. The number of carbonyl (C=O) groups is 1. The minimum atomic E-state index is -3.56. The number of sulfonamides is 1. The van der Waals surface area contributed by atoms with Gasteiger partial charge in [-0.3, -0.25) is 4.79 Å². The lowest BCUT2D eigenvalue weighted by molar-refractivity contribution is -0.114. The van der Waals surface area contributed by atoms with Crippen LogP contribution in [-0.4, -0.2) is 30.3 Å². The van der Waals surface area contributed by atoms with Gasteiger partial charge in [0.15, 0.2) is 5.76 Å². The van der Waals surface area contributed by atoms with Gasteiger partial charge >= 0.3 is 0 Å². The second-order valence-electron chi connectivity index (χ2n) is 7.04. The number of fused-ring (bicyclic) bond motifs is 1. The molecular formula is C21H21N3O4S2. The molecule has 2 aromatic heterocycles. The van der Waals surface area contributed by atoms with Crippen LogP contribution in [0.4, 0.5) is 5.69 Å². The van der Waals surface area contributed by atoms with Gasteiger partial charge in [0.25, 0.3) is 10.0 Å². The van der Waals surface area contributed by atoms with Crippen LogP contribution in [0.3, 0.4) is 0 Å². The average Bonchev–Trinajstić information content (AvgIpc) is 3.34. The van der Waals surface area contributed by atoms with Gasteiger partial charge in [0, 0.05) is 24.9 Å². The Balaban J connectivity index is 1.53. The van der Waals surface area contributed by atoms with Gasteiger partial charge in [-0.15, -0.1) is 11.3 Å². The van der Waals surface area contributed by atoms with Crippen molar-refractivity contribution in [3.05, 3.63) is 63.9 Å². The number of hydrogen-bond acceptors (Lipinski definition) is 6. The Labute approximate surface area is 179 Å². The molecule has 30 heavy (non-hydrogen) atoms. The predicted molar refractivity (Wildman–Crippen MR) is 117 cm³/mol.